The van der Waals surface area contributed by atoms with Crippen LogP contribution in [0.2, 0.25) is 0 Å². The highest BCUT2D eigenvalue weighted by Gasteiger charge is 2.13. The first-order chi connectivity index (χ1) is 5.27. The van der Waals surface area contributed by atoms with E-state index in [9.17, 15) is 0 Å². The van der Waals surface area contributed by atoms with Crippen molar-refractivity contribution < 1.29 is 0 Å². The van der Waals surface area contributed by atoms with Crippen molar-refractivity contribution in [3.8, 4) is 0 Å². The van der Waals surface area contributed by atoms with Gasteiger partial charge in [0.1, 0.15) is 0 Å². The fourth-order valence-electron chi connectivity index (χ4n) is 1.50. The molecule has 0 radical (unpaired) electrons. The molecule has 11 heavy (non-hydrogen) atoms. The highest BCUT2D eigenvalue weighted by molar-refractivity contribution is 9.10. The number of hydrogen-bond donors (Lipinski definition) is 0. The molecule has 3 heteroatoms. The third-order valence-corrected chi connectivity index (χ3v) is 2.85. The topological polar surface area (TPSA) is 8.17 Å². The van der Waals surface area contributed by atoms with Gasteiger partial charge in [0.05, 0.1) is 4.60 Å². The molecule has 0 aromatic carbocycles. The monoisotopic (exact) mass is 214 g/mol. The van der Waals surface area contributed by atoms with Crippen LogP contribution in [0.5, 0.6) is 0 Å². The highest BCUT2D eigenvalue weighted by Crippen LogP contribution is 2.19. The van der Waals surface area contributed by atoms with Gasteiger partial charge in [0.15, 0.2) is 0 Å². The molecule has 0 spiro atoms. The van der Waals surface area contributed by atoms with Crippen LogP contribution in [0.15, 0.2) is 16.7 Å². The van der Waals surface area contributed by atoms with Crippen LogP contribution in [0.3, 0.4) is 0 Å². The fraction of sp³-hybridized carbons (Fsp3) is 0.500. The Bertz CT molecular complexity index is 267. The van der Waals surface area contributed by atoms with Gasteiger partial charge in [-0.3, -0.25) is 4.90 Å². The summed E-state index contributed by atoms with van der Waals surface area (Å²) in [5, 5.41) is 0. The minimum atomic E-state index is 1.08. The first kappa shape index (κ1) is 7.37. The minimum Gasteiger partial charge on any atom is -0.337 e. The average Bonchev–Trinajstić information content (AvgIpc) is 2.32. The van der Waals surface area contributed by atoms with E-state index < -0.39 is 0 Å². The summed E-state index contributed by atoms with van der Waals surface area (Å²) in [6, 6.07) is 4.30. The van der Waals surface area contributed by atoms with Gasteiger partial charge in [-0.15, -0.1) is 0 Å². The Hall–Kier alpha value is -0.280. The third-order valence-electron chi connectivity index (χ3n) is 2.16. The predicted octanol–water partition coefficient (Wildman–Crippen LogP) is 1.70. The zero-order valence-corrected chi connectivity index (χ0v) is 8.13. The quantitative estimate of drug-likeness (QED) is 0.639. The highest BCUT2D eigenvalue weighted by atomic mass is 79.9. The van der Waals surface area contributed by atoms with Crippen molar-refractivity contribution in [2.75, 3.05) is 13.6 Å². The van der Waals surface area contributed by atoms with Gasteiger partial charge < -0.3 is 4.57 Å². The van der Waals surface area contributed by atoms with Gasteiger partial charge in [0, 0.05) is 25.3 Å². The summed E-state index contributed by atoms with van der Waals surface area (Å²) in [4.78, 5) is 2.34. The molecule has 1 aliphatic rings. The maximum Gasteiger partial charge on any atom is 0.0849 e. The molecule has 2 nitrogen and oxygen atoms in total. The van der Waals surface area contributed by atoms with Gasteiger partial charge in [-0.05, 0) is 35.1 Å². The summed E-state index contributed by atoms with van der Waals surface area (Å²) < 4.78 is 3.53. The van der Waals surface area contributed by atoms with Gasteiger partial charge in [-0.2, -0.15) is 0 Å². The van der Waals surface area contributed by atoms with E-state index in [4.69, 9.17) is 0 Å². The van der Waals surface area contributed by atoms with Crippen molar-refractivity contribution in [1.29, 1.82) is 0 Å². The molecular formula is C8H11BrN2. The van der Waals surface area contributed by atoms with Crippen LogP contribution in [-0.2, 0) is 13.1 Å². The Morgan fingerprint density at radius 1 is 1.36 bits per heavy atom. The standard InChI is InChI=1S/C8H11BrN2/c1-10-4-5-11-7(6-10)2-3-8(11)9/h2-3H,4-6H2,1H3. The van der Waals surface area contributed by atoms with Gasteiger partial charge >= 0.3 is 0 Å². The molecule has 0 saturated carbocycles. The molecule has 0 N–H and O–H groups in total. The van der Waals surface area contributed by atoms with Crippen LogP contribution < -0.4 is 0 Å². The van der Waals surface area contributed by atoms with Crippen LogP contribution in [0, 0.1) is 0 Å². The second-order valence-electron chi connectivity index (χ2n) is 3.04. The lowest BCUT2D eigenvalue weighted by atomic mass is 10.3. The molecule has 1 aromatic heterocycles. The summed E-state index contributed by atoms with van der Waals surface area (Å²) in [7, 11) is 2.16. The van der Waals surface area contributed by atoms with Crippen molar-refractivity contribution in [3.63, 3.8) is 0 Å². The Labute approximate surface area is 74.9 Å². The maximum atomic E-state index is 3.52. The molecule has 0 aliphatic carbocycles. The van der Waals surface area contributed by atoms with E-state index >= 15 is 0 Å². The second-order valence-corrected chi connectivity index (χ2v) is 3.85. The normalized spacial score (nSPS) is 18.4. The van der Waals surface area contributed by atoms with Crippen LogP contribution in [0.4, 0.5) is 0 Å². The van der Waals surface area contributed by atoms with Crippen molar-refractivity contribution >= 4 is 15.9 Å². The Balaban J connectivity index is 2.36. The molecule has 1 aliphatic heterocycles. The van der Waals surface area contributed by atoms with E-state index in [0.29, 0.717) is 0 Å². The van der Waals surface area contributed by atoms with Gasteiger partial charge in [0.25, 0.3) is 0 Å². The maximum absolute atomic E-state index is 3.52. The number of halogens is 1. The Morgan fingerprint density at radius 2 is 2.18 bits per heavy atom. The first-order valence-electron chi connectivity index (χ1n) is 3.80. The van der Waals surface area contributed by atoms with Gasteiger partial charge in [-0.25, -0.2) is 0 Å². The minimum absolute atomic E-state index is 1.08. The van der Waals surface area contributed by atoms with Crippen LogP contribution in [0.25, 0.3) is 0 Å². The summed E-state index contributed by atoms with van der Waals surface area (Å²) >= 11 is 3.52. The van der Waals surface area contributed by atoms with E-state index in [1.54, 1.807) is 0 Å². The summed E-state index contributed by atoms with van der Waals surface area (Å²) in [5.41, 5.74) is 1.41. The number of rotatable bonds is 0. The van der Waals surface area contributed by atoms with Crippen molar-refractivity contribution in [2.45, 2.75) is 13.1 Å². The smallest absolute Gasteiger partial charge is 0.0849 e. The van der Waals surface area contributed by atoms with Crippen molar-refractivity contribution in [1.82, 2.24) is 9.47 Å². The number of aromatic nitrogens is 1. The molecular weight excluding hydrogens is 204 g/mol. The molecule has 0 amide bonds. The lowest BCUT2D eigenvalue weighted by Crippen LogP contribution is -2.29. The van der Waals surface area contributed by atoms with Gasteiger partial charge in [0.2, 0.25) is 0 Å². The van der Waals surface area contributed by atoms with Crippen molar-refractivity contribution in [3.05, 3.63) is 22.4 Å². The number of nitrogens with zero attached hydrogens (tertiary/aromatic N) is 2. The lowest BCUT2D eigenvalue weighted by Gasteiger charge is -2.25. The molecule has 2 rings (SSSR count). The van der Waals surface area contributed by atoms with E-state index in [1.807, 2.05) is 0 Å². The molecule has 2 heterocycles. The van der Waals surface area contributed by atoms with Gasteiger partial charge in [-0.1, -0.05) is 0 Å². The van der Waals surface area contributed by atoms with Crippen LogP contribution in [0.1, 0.15) is 5.69 Å². The predicted molar refractivity (Wildman–Crippen MR) is 48.5 cm³/mol. The molecule has 0 fully saturated rings. The summed E-state index contributed by atoms with van der Waals surface area (Å²) in [6.45, 7) is 3.34. The number of likely N-dealkylation sites (N-methyl/N-ethyl adjacent to an activating group) is 1. The molecule has 0 unspecified atom stereocenters. The molecule has 60 valence electrons. The third kappa shape index (κ3) is 1.23. The van der Waals surface area contributed by atoms with Crippen LogP contribution >= 0.6 is 15.9 Å². The second kappa shape index (κ2) is 2.64. The SMILES string of the molecule is CN1CCn2c(Br)ccc2C1. The van der Waals surface area contributed by atoms with E-state index in [1.165, 1.54) is 10.3 Å². The Kier molecular flexibility index (Phi) is 1.77. The summed E-state index contributed by atoms with van der Waals surface area (Å²) in [5.74, 6) is 0. The average molecular weight is 215 g/mol. The van der Waals surface area contributed by atoms with E-state index in [2.05, 4.69) is 44.6 Å². The van der Waals surface area contributed by atoms with Crippen LogP contribution in [-0.4, -0.2) is 23.1 Å². The van der Waals surface area contributed by atoms with Crippen molar-refractivity contribution in [2.24, 2.45) is 0 Å². The molecule has 0 atom stereocenters. The number of hydrogen-bond acceptors (Lipinski definition) is 1. The Morgan fingerprint density at radius 3 is 3.00 bits per heavy atom. The molecule has 0 bridgehead atoms. The molecule has 0 saturated heterocycles. The lowest BCUT2D eigenvalue weighted by molar-refractivity contribution is 0.268. The zero-order valence-electron chi connectivity index (χ0n) is 6.55. The molecule has 1 aromatic rings. The fourth-order valence-corrected chi connectivity index (χ4v) is 2.03. The van der Waals surface area contributed by atoms with E-state index in [0.717, 1.165) is 19.6 Å². The first-order valence-corrected chi connectivity index (χ1v) is 4.59. The van der Waals surface area contributed by atoms with E-state index in [-0.39, 0.29) is 0 Å². The number of fused-ring (bicyclic) bond motifs is 1. The zero-order chi connectivity index (χ0) is 7.84. The summed E-state index contributed by atoms with van der Waals surface area (Å²) in [6.07, 6.45) is 0. The largest absolute Gasteiger partial charge is 0.337 e.